The van der Waals surface area contributed by atoms with Crippen molar-refractivity contribution in [2.75, 3.05) is 10.8 Å². The van der Waals surface area contributed by atoms with E-state index in [1.54, 1.807) is 24.3 Å². The molecule has 3 aromatic carbocycles. The Balaban J connectivity index is 1.58. The van der Waals surface area contributed by atoms with E-state index in [9.17, 15) is 13.2 Å². The molecule has 0 spiro atoms. The van der Waals surface area contributed by atoms with Gasteiger partial charge in [-0.05, 0) is 53.9 Å². The van der Waals surface area contributed by atoms with E-state index in [-0.39, 0.29) is 21.4 Å². The van der Waals surface area contributed by atoms with Gasteiger partial charge < -0.3 is 5.32 Å². The molecule has 0 saturated heterocycles. The van der Waals surface area contributed by atoms with Gasteiger partial charge in [-0.15, -0.1) is 0 Å². The first-order valence-corrected chi connectivity index (χ1v) is 11.5. The number of carbonyl (C=O) groups excluding carboxylic acids is 1. The molecule has 3 aromatic rings. The number of hydrogen-bond donors (Lipinski definition) is 1. The van der Waals surface area contributed by atoms with Crippen LogP contribution in [-0.2, 0) is 23.0 Å². The summed E-state index contributed by atoms with van der Waals surface area (Å²) in [4.78, 5) is 12.5. The molecule has 1 N–H and O–H groups in total. The van der Waals surface area contributed by atoms with Gasteiger partial charge in [-0.2, -0.15) is 0 Å². The zero-order valence-electron chi connectivity index (χ0n) is 15.8. The maximum Gasteiger partial charge on any atom is 0.265 e. The number of amides is 1. The van der Waals surface area contributed by atoms with Crippen LogP contribution in [0.3, 0.4) is 0 Å². The van der Waals surface area contributed by atoms with Gasteiger partial charge >= 0.3 is 0 Å². The molecule has 0 radical (unpaired) electrons. The molecule has 1 aliphatic heterocycles. The number of nitrogens with one attached hydrogen (secondary N) is 1. The molecule has 1 amide bonds. The lowest BCUT2D eigenvalue weighted by atomic mass is 10.2. The number of nitrogens with zero attached hydrogens (tertiary/aromatic N) is 1. The molecule has 0 bridgehead atoms. The fourth-order valence-electron chi connectivity index (χ4n) is 3.41. The third-order valence-corrected chi connectivity index (χ3v) is 7.52. The Labute approximate surface area is 185 Å². The topological polar surface area (TPSA) is 66.5 Å². The van der Waals surface area contributed by atoms with Crippen molar-refractivity contribution < 1.29 is 13.2 Å². The molecule has 0 fully saturated rings. The highest BCUT2D eigenvalue weighted by molar-refractivity contribution is 7.93. The Hall–Kier alpha value is -2.54. The number of para-hydroxylation sites is 1. The minimum absolute atomic E-state index is 0.0774. The highest BCUT2D eigenvalue weighted by Gasteiger charge is 2.32. The van der Waals surface area contributed by atoms with Crippen molar-refractivity contribution in [3.8, 4) is 0 Å². The van der Waals surface area contributed by atoms with Crippen LogP contribution >= 0.6 is 23.2 Å². The first kappa shape index (κ1) is 20.7. The van der Waals surface area contributed by atoms with E-state index in [4.69, 9.17) is 23.2 Å². The number of benzene rings is 3. The second-order valence-corrected chi connectivity index (χ2v) is 9.58. The zero-order chi connectivity index (χ0) is 21.3. The molecule has 0 aromatic heterocycles. The predicted octanol–water partition coefficient (Wildman–Crippen LogP) is 4.67. The van der Waals surface area contributed by atoms with E-state index in [1.165, 1.54) is 22.5 Å². The Morgan fingerprint density at radius 2 is 1.73 bits per heavy atom. The Morgan fingerprint density at radius 3 is 2.50 bits per heavy atom. The molecule has 5 nitrogen and oxygen atoms in total. The third-order valence-electron chi connectivity index (χ3n) is 4.97. The van der Waals surface area contributed by atoms with Gasteiger partial charge in [0.15, 0.2) is 0 Å². The number of sulfonamides is 1. The fraction of sp³-hybridized carbons (Fsp3) is 0.136. The quantitative estimate of drug-likeness (QED) is 0.601. The number of rotatable bonds is 5. The average molecular weight is 461 g/mol. The summed E-state index contributed by atoms with van der Waals surface area (Å²) >= 11 is 12.1. The molecule has 4 rings (SSSR count). The molecule has 154 valence electrons. The van der Waals surface area contributed by atoms with Gasteiger partial charge in [0.2, 0.25) is 0 Å². The molecule has 8 heteroatoms. The SMILES string of the molecule is O=C(NCc1ccc(Cl)cc1)c1ccc(Cl)c(S(=O)(=O)N2CCc3ccccc32)c1. The number of anilines is 1. The van der Waals surface area contributed by atoms with E-state index in [0.29, 0.717) is 30.2 Å². The maximum absolute atomic E-state index is 13.3. The molecular weight excluding hydrogens is 443 g/mol. The standard InChI is InChI=1S/C22H18Cl2N2O3S/c23-18-8-5-15(6-9-18)14-25-22(27)17-7-10-19(24)21(13-17)30(28,29)26-12-11-16-3-1-2-4-20(16)26/h1-10,13H,11-12,14H2,(H,25,27). The van der Waals surface area contributed by atoms with Crippen molar-refractivity contribution in [3.63, 3.8) is 0 Å². The Morgan fingerprint density at radius 1 is 1.00 bits per heavy atom. The molecule has 0 unspecified atom stereocenters. The normalized spacial score (nSPS) is 13.2. The highest BCUT2D eigenvalue weighted by Crippen LogP contribution is 2.35. The van der Waals surface area contributed by atoms with Crippen molar-refractivity contribution >= 4 is 44.8 Å². The Kier molecular flexibility index (Phi) is 5.73. The van der Waals surface area contributed by atoms with Crippen LogP contribution in [0.1, 0.15) is 21.5 Å². The van der Waals surface area contributed by atoms with Crippen molar-refractivity contribution in [2.45, 2.75) is 17.9 Å². The summed E-state index contributed by atoms with van der Waals surface area (Å²) in [5.74, 6) is -0.389. The highest BCUT2D eigenvalue weighted by atomic mass is 35.5. The number of halogens is 2. The summed E-state index contributed by atoms with van der Waals surface area (Å²) in [7, 11) is -3.90. The van der Waals surface area contributed by atoms with Gasteiger partial charge in [-0.1, -0.05) is 53.5 Å². The molecule has 0 aliphatic carbocycles. The van der Waals surface area contributed by atoms with Gasteiger partial charge in [-0.3, -0.25) is 9.10 Å². The smallest absolute Gasteiger partial charge is 0.265 e. The summed E-state index contributed by atoms with van der Waals surface area (Å²) in [5, 5.41) is 3.47. The Bertz CT molecular complexity index is 1210. The third kappa shape index (κ3) is 4.03. The van der Waals surface area contributed by atoms with Gasteiger partial charge in [0.05, 0.1) is 10.7 Å². The minimum Gasteiger partial charge on any atom is -0.348 e. The first-order chi connectivity index (χ1) is 14.4. The van der Waals surface area contributed by atoms with Crippen molar-refractivity contribution in [1.29, 1.82) is 0 Å². The van der Waals surface area contributed by atoms with Crippen LogP contribution in [0.4, 0.5) is 5.69 Å². The van der Waals surface area contributed by atoms with E-state index >= 15 is 0 Å². The number of hydrogen-bond acceptors (Lipinski definition) is 3. The summed E-state index contributed by atoms with van der Waals surface area (Å²) < 4.78 is 27.9. The van der Waals surface area contributed by atoms with Crippen LogP contribution in [0.5, 0.6) is 0 Å². The van der Waals surface area contributed by atoms with E-state index in [0.717, 1.165) is 11.1 Å². The van der Waals surface area contributed by atoms with Gasteiger partial charge in [0.25, 0.3) is 15.9 Å². The molecule has 1 aliphatic rings. The van der Waals surface area contributed by atoms with E-state index < -0.39 is 10.0 Å². The van der Waals surface area contributed by atoms with Gasteiger partial charge in [0, 0.05) is 23.7 Å². The molecule has 30 heavy (non-hydrogen) atoms. The fourth-order valence-corrected chi connectivity index (χ4v) is 5.54. The van der Waals surface area contributed by atoms with Gasteiger partial charge in [0.1, 0.15) is 4.90 Å². The predicted molar refractivity (Wildman–Crippen MR) is 119 cm³/mol. The minimum atomic E-state index is -3.90. The van der Waals surface area contributed by atoms with Crippen LogP contribution in [0, 0.1) is 0 Å². The van der Waals surface area contributed by atoms with Crippen molar-refractivity contribution in [2.24, 2.45) is 0 Å². The first-order valence-electron chi connectivity index (χ1n) is 9.29. The summed E-state index contributed by atoms with van der Waals surface area (Å²) in [6, 6.07) is 18.7. The van der Waals surface area contributed by atoms with Gasteiger partial charge in [-0.25, -0.2) is 8.42 Å². The second-order valence-electron chi connectivity index (χ2n) is 6.91. The largest absolute Gasteiger partial charge is 0.348 e. The van der Waals surface area contributed by atoms with Crippen LogP contribution in [0.15, 0.2) is 71.6 Å². The average Bonchev–Trinajstić information content (AvgIpc) is 3.18. The monoisotopic (exact) mass is 460 g/mol. The molecular formula is C22H18Cl2N2O3S. The summed E-state index contributed by atoms with van der Waals surface area (Å²) in [6.07, 6.45) is 0.633. The van der Waals surface area contributed by atoms with Crippen molar-refractivity contribution in [3.05, 3.63) is 93.5 Å². The van der Waals surface area contributed by atoms with E-state index in [1.807, 2.05) is 24.3 Å². The maximum atomic E-state index is 13.3. The van der Waals surface area contributed by atoms with E-state index in [2.05, 4.69) is 5.32 Å². The van der Waals surface area contributed by atoms with Crippen LogP contribution in [0.2, 0.25) is 10.0 Å². The number of fused-ring (bicyclic) bond motifs is 1. The summed E-state index contributed by atoms with van der Waals surface area (Å²) in [5.41, 5.74) is 2.71. The second kappa shape index (κ2) is 8.30. The van der Waals surface area contributed by atoms with Crippen LogP contribution in [-0.4, -0.2) is 20.9 Å². The lowest BCUT2D eigenvalue weighted by molar-refractivity contribution is 0.0950. The molecule has 0 atom stereocenters. The number of carbonyl (C=O) groups is 1. The molecule has 1 heterocycles. The zero-order valence-corrected chi connectivity index (χ0v) is 18.1. The lowest BCUT2D eigenvalue weighted by Crippen LogP contribution is -2.30. The van der Waals surface area contributed by atoms with Crippen molar-refractivity contribution in [1.82, 2.24) is 5.32 Å². The van der Waals surface area contributed by atoms with Crippen LogP contribution < -0.4 is 9.62 Å². The molecule has 0 saturated carbocycles. The lowest BCUT2D eigenvalue weighted by Gasteiger charge is -2.20. The summed E-state index contributed by atoms with van der Waals surface area (Å²) in [6.45, 7) is 0.630. The van der Waals surface area contributed by atoms with Crippen LogP contribution in [0.25, 0.3) is 0 Å².